The second kappa shape index (κ2) is 6.22. The van der Waals surface area contributed by atoms with E-state index < -0.39 is 22.1 Å². The Balaban J connectivity index is 2.18. The smallest absolute Gasteiger partial charge is 0.306 e. The second-order valence-electron chi connectivity index (χ2n) is 4.59. The van der Waals surface area contributed by atoms with Gasteiger partial charge in [0.1, 0.15) is 0 Å². The lowest BCUT2D eigenvalue weighted by molar-refractivity contribution is -0.141. The fourth-order valence-corrected chi connectivity index (χ4v) is 3.53. The van der Waals surface area contributed by atoms with Crippen LogP contribution >= 0.6 is 0 Å². The van der Waals surface area contributed by atoms with Crippen molar-refractivity contribution in [2.75, 3.05) is 19.7 Å². The lowest BCUT2D eigenvalue weighted by Crippen LogP contribution is -2.46. The molecule has 0 bridgehead atoms. The molecule has 1 fully saturated rings. The van der Waals surface area contributed by atoms with Gasteiger partial charge in [0.25, 0.3) is 0 Å². The molecule has 0 aromatic heterocycles. The summed E-state index contributed by atoms with van der Waals surface area (Å²) in [4.78, 5) is 10.8. The Kier molecular flexibility index (Phi) is 4.57. The second-order valence-corrected chi connectivity index (χ2v) is 6.53. The highest BCUT2D eigenvalue weighted by Gasteiger charge is 2.31. The Morgan fingerprint density at radius 3 is 2.67 bits per heavy atom. The summed E-state index contributed by atoms with van der Waals surface area (Å²) >= 11 is 0. The Hall–Kier alpha value is -1.95. The van der Waals surface area contributed by atoms with E-state index in [2.05, 4.69) is 0 Å². The van der Waals surface area contributed by atoms with Gasteiger partial charge in [-0.15, -0.1) is 0 Å². The number of benzene rings is 1. The van der Waals surface area contributed by atoms with Crippen LogP contribution in [-0.4, -0.2) is 49.6 Å². The van der Waals surface area contributed by atoms with Gasteiger partial charge in [-0.05, 0) is 24.3 Å². The maximum Gasteiger partial charge on any atom is 0.306 e. The SMILES string of the molecule is N#Cc1ccc(S(=O)(=O)N2CCOC(CC(=O)O)C2)cc1. The predicted molar refractivity (Wildman–Crippen MR) is 71.9 cm³/mol. The molecule has 1 heterocycles. The summed E-state index contributed by atoms with van der Waals surface area (Å²) in [6, 6.07) is 7.53. The van der Waals surface area contributed by atoms with Crippen molar-refractivity contribution >= 4 is 16.0 Å². The number of carboxylic acid groups (broad SMARTS) is 1. The molecule has 1 aromatic carbocycles. The topological polar surface area (TPSA) is 108 Å². The first-order chi connectivity index (χ1) is 9.93. The van der Waals surface area contributed by atoms with Crippen molar-refractivity contribution in [3.63, 3.8) is 0 Å². The Bertz CT molecular complexity index is 663. The molecule has 0 radical (unpaired) electrons. The number of hydrogen-bond donors (Lipinski definition) is 1. The molecule has 7 nitrogen and oxygen atoms in total. The fourth-order valence-electron chi connectivity index (χ4n) is 2.08. The fraction of sp³-hybridized carbons (Fsp3) is 0.385. The van der Waals surface area contributed by atoms with E-state index in [4.69, 9.17) is 15.1 Å². The molecule has 0 spiro atoms. The van der Waals surface area contributed by atoms with E-state index in [1.807, 2.05) is 6.07 Å². The molecule has 1 saturated heterocycles. The highest BCUT2D eigenvalue weighted by molar-refractivity contribution is 7.89. The van der Waals surface area contributed by atoms with Gasteiger partial charge in [-0.2, -0.15) is 9.57 Å². The van der Waals surface area contributed by atoms with E-state index in [1.54, 1.807) is 0 Å². The largest absolute Gasteiger partial charge is 0.481 e. The quantitative estimate of drug-likeness (QED) is 0.863. The lowest BCUT2D eigenvalue weighted by Gasteiger charge is -2.31. The van der Waals surface area contributed by atoms with Gasteiger partial charge in [0.2, 0.25) is 10.0 Å². The van der Waals surface area contributed by atoms with Gasteiger partial charge in [0.15, 0.2) is 0 Å². The molecule has 1 unspecified atom stereocenters. The number of ether oxygens (including phenoxy) is 1. The predicted octanol–water partition coefficient (Wildman–Crippen LogP) is 0.422. The van der Waals surface area contributed by atoms with Crippen LogP contribution in [-0.2, 0) is 19.6 Å². The molecular weight excluding hydrogens is 296 g/mol. The van der Waals surface area contributed by atoms with Crippen LogP contribution in [0.1, 0.15) is 12.0 Å². The maximum atomic E-state index is 12.5. The first kappa shape index (κ1) is 15.4. The van der Waals surface area contributed by atoms with Crippen molar-refractivity contribution in [3.8, 4) is 6.07 Å². The summed E-state index contributed by atoms with van der Waals surface area (Å²) in [7, 11) is -3.70. The molecule has 1 N–H and O–H groups in total. The molecule has 1 aliphatic rings. The summed E-state index contributed by atoms with van der Waals surface area (Å²) in [6.45, 7) is 0.348. The lowest BCUT2D eigenvalue weighted by atomic mass is 10.2. The molecule has 1 atom stereocenters. The van der Waals surface area contributed by atoms with E-state index in [0.717, 1.165) is 0 Å². The standard InChI is InChI=1S/C13H14N2O5S/c14-8-10-1-3-12(4-2-10)21(18,19)15-5-6-20-11(9-15)7-13(16)17/h1-4,11H,5-7,9H2,(H,16,17). The Morgan fingerprint density at radius 1 is 1.43 bits per heavy atom. The number of carbonyl (C=O) groups is 1. The van der Waals surface area contributed by atoms with Gasteiger partial charge in [-0.1, -0.05) is 0 Å². The van der Waals surface area contributed by atoms with Crippen molar-refractivity contribution in [3.05, 3.63) is 29.8 Å². The van der Waals surface area contributed by atoms with E-state index in [1.165, 1.54) is 28.6 Å². The van der Waals surface area contributed by atoms with Gasteiger partial charge in [-0.3, -0.25) is 4.79 Å². The minimum absolute atomic E-state index is 0.00857. The van der Waals surface area contributed by atoms with Crippen molar-refractivity contribution in [1.82, 2.24) is 4.31 Å². The number of nitriles is 1. The third kappa shape index (κ3) is 3.58. The monoisotopic (exact) mass is 310 g/mol. The molecule has 1 aromatic rings. The normalized spacial score (nSPS) is 19.9. The van der Waals surface area contributed by atoms with Crippen LogP contribution in [0.15, 0.2) is 29.2 Å². The minimum Gasteiger partial charge on any atom is -0.481 e. The molecule has 112 valence electrons. The third-order valence-electron chi connectivity index (χ3n) is 3.12. The molecule has 0 saturated carbocycles. The Morgan fingerprint density at radius 2 is 2.10 bits per heavy atom. The molecule has 8 heteroatoms. The summed E-state index contributed by atoms with van der Waals surface area (Å²) in [5.41, 5.74) is 0.375. The summed E-state index contributed by atoms with van der Waals surface area (Å²) < 4.78 is 31.4. The van der Waals surface area contributed by atoms with Crippen LogP contribution in [0.25, 0.3) is 0 Å². The number of hydrogen-bond acceptors (Lipinski definition) is 5. The van der Waals surface area contributed by atoms with Crippen LogP contribution in [0.5, 0.6) is 0 Å². The van der Waals surface area contributed by atoms with Crippen molar-refractivity contribution in [1.29, 1.82) is 5.26 Å². The van der Waals surface area contributed by atoms with E-state index in [-0.39, 0.29) is 31.0 Å². The molecule has 0 amide bonds. The number of nitrogens with zero attached hydrogens (tertiary/aromatic N) is 2. The molecular formula is C13H14N2O5S. The van der Waals surface area contributed by atoms with Crippen LogP contribution in [0, 0.1) is 11.3 Å². The van der Waals surface area contributed by atoms with Crippen LogP contribution in [0.3, 0.4) is 0 Å². The van der Waals surface area contributed by atoms with E-state index in [0.29, 0.717) is 5.56 Å². The summed E-state index contributed by atoms with van der Waals surface area (Å²) in [5.74, 6) is -1.03. The van der Waals surface area contributed by atoms with Gasteiger partial charge in [-0.25, -0.2) is 8.42 Å². The number of morpholine rings is 1. The first-order valence-electron chi connectivity index (χ1n) is 6.27. The zero-order chi connectivity index (χ0) is 15.5. The summed E-state index contributed by atoms with van der Waals surface area (Å²) in [6.07, 6.45) is -0.885. The average Bonchev–Trinajstić information content (AvgIpc) is 2.47. The first-order valence-corrected chi connectivity index (χ1v) is 7.71. The van der Waals surface area contributed by atoms with Gasteiger partial charge in [0.05, 0.1) is 35.7 Å². The van der Waals surface area contributed by atoms with Gasteiger partial charge in [0, 0.05) is 13.1 Å². The highest BCUT2D eigenvalue weighted by atomic mass is 32.2. The van der Waals surface area contributed by atoms with Crippen LogP contribution < -0.4 is 0 Å². The van der Waals surface area contributed by atoms with Gasteiger partial charge < -0.3 is 9.84 Å². The Labute approximate surface area is 122 Å². The molecule has 1 aliphatic heterocycles. The average molecular weight is 310 g/mol. The zero-order valence-electron chi connectivity index (χ0n) is 11.1. The molecule has 2 rings (SSSR count). The highest BCUT2D eigenvalue weighted by Crippen LogP contribution is 2.20. The minimum atomic E-state index is -3.70. The number of carboxylic acids is 1. The van der Waals surface area contributed by atoms with Crippen LogP contribution in [0.4, 0.5) is 0 Å². The van der Waals surface area contributed by atoms with Gasteiger partial charge >= 0.3 is 5.97 Å². The molecule has 21 heavy (non-hydrogen) atoms. The number of aliphatic carboxylic acids is 1. The van der Waals surface area contributed by atoms with E-state index >= 15 is 0 Å². The number of sulfonamides is 1. The van der Waals surface area contributed by atoms with E-state index in [9.17, 15) is 13.2 Å². The number of rotatable bonds is 4. The third-order valence-corrected chi connectivity index (χ3v) is 5.00. The zero-order valence-corrected chi connectivity index (χ0v) is 11.9. The van der Waals surface area contributed by atoms with Crippen molar-refractivity contribution < 1.29 is 23.1 Å². The van der Waals surface area contributed by atoms with Crippen molar-refractivity contribution in [2.24, 2.45) is 0 Å². The molecule has 0 aliphatic carbocycles. The summed E-state index contributed by atoms with van der Waals surface area (Å²) in [5, 5.41) is 17.5. The van der Waals surface area contributed by atoms with Crippen molar-refractivity contribution in [2.45, 2.75) is 17.4 Å². The maximum absolute atomic E-state index is 12.5. The van der Waals surface area contributed by atoms with Crippen LogP contribution in [0.2, 0.25) is 0 Å².